The largest absolute Gasteiger partial charge is 0.481 e. The summed E-state index contributed by atoms with van der Waals surface area (Å²) >= 11 is 0. The van der Waals surface area contributed by atoms with Crippen molar-refractivity contribution in [2.75, 3.05) is 7.05 Å². The fraction of sp³-hybridized carbons (Fsp3) is 0.308. The molecule has 8 bridgehead atoms. The minimum absolute atomic E-state index is 0.0939. The number of carboxylic acid groups (broad SMARTS) is 2. The summed E-state index contributed by atoms with van der Waals surface area (Å²) in [6, 6.07) is 4.64. The van der Waals surface area contributed by atoms with E-state index in [0.717, 1.165) is 33.4 Å². The van der Waals surface area contributed by atoms with Gasteiger partial charge in [-0.3, -0.25) is 14.4 Å². The molecule has 0 saturated carbocycles. The number of aryl methyl sites for hydroxylation is 3. The molecule has 3 aromatic heterocycles. The van der Waals surface area contributed by atoms with E-state index in [2.05, 4.69) is 28.4 Å². The summed E-state index contributed by atoms with van der Waals surface area (Å²) in [5.41, 5.74) is 11.0. The van der Waals surface area contributed by atoms with Gasteiger partial charge in [0, 0.05) is 40.5 Å². The number of carbonyl (C=O) groups excluding carboxylic acids is 1. The summed E-state index contributed by atoms with van der Waals surface area (Å²) in [5, 5.41) is 32.8. The monoisotopic (exact) mass is 677 g/mol. The zero-order valence-corrected chi connectivity index (χ0v) is 29.2. The van der Waals surface area contributed by atoms with Crippen molar-refractivity contribution in [2.45, 2.75) is 72.4 Å². The molecule has 0 radical (unpaired) electrons. The molecule has 0 amide bonds. The maximum atomic E-state index is 14.5. The number of hydrogen-bond donors (Lipinski definition) is 6. The number of aromatic amines is 2. The van der Waals surface area contributed by atoms with E-state index in [1.54, 1.807) is 26.1 Å². The third-order valence-corrected chi connectivity index (χ3v) is 9.68. The van der Waals surface area contributed by atoms with Gasteiger partial charge in [0.15, 0.2) is 5.78 Å². The molecule has 0 fully saturated rings. The minimum Gasteiger partial charge on any atom is -0.481 e. The average molecular weight is 678 g/mol. The van der Waals surface area contributed by atoms with Crippen LogP contribution >= 0.6 is 0 Å². The van der Waals surface area contributed by atoms with Gasteiger partial charge in [0.25, 0.3) is 0 Å². The number of aromatic nitrogens is 4. The van der Waals surface area contributed by atoms with Crippen LogP contribution in [0.15, 0.2) is 37.4 Å². The fourth-order valence-electron chi connectivity index (χ4n) is 6.87. The molecule has 3 aromatic rings. The van der Waals surface area contributed by atoms with Gasteiger partial charge in [-0.2, -0.15) is 0 Å². The number of carboxylic acids is 2. The Morgan fingerprint density at radius 3 is 2.06 bits per heavy atom. The second-order valence-electron chi connectivity index (χ2n) is 12.8. The van der Waals surface area contributed by atoms with E-state index < -0.39 is 24.1 Å². The molecule has 2 aliphatic rings. The van der Waals surface area contributed by atoms with Gasteiger partial charge in [-0.05, 0) is 106 Å². The SMILES string of the molecule is C=CC1=C(C)c2nc1cc1[nH]c(cc3nc(cc4[nH]c(c(C=C)c4C)c2C(=O)[C@@H](NC)[C@@H](C)O)C(C)=C3CCC(=O)O)c(CCC(=O)O)c1C. The first-order valence-corrected chi connectivity index (χ1v) is 16.5. The summed E-state index contributed by atoms with van der Waals surface area (Å²) in [4.78, 5) is 54.8. The number of Topliss-reactive ketones (excluding diaryl/α,β-unsaturated/α-hetero) is 1. The number of likely N-dealkylation sites (N-methyl/N-ethyl adjacent to an activating group) is 1. The molecule has 5 heterocycles. The van der Waals surface area contributed by atoms with Gasteiger partial charge in [0.1, 0.15) is 0 Å². The first-order valence-electron chi connectivity index (χ1n) is 16.5. The van der Waals surface area contributed by atoms with E-state index in [1.165, 1.54) is 0 Å². The van der Waals surface area contributed by atoms with Crippen LogP contribution in [0.4, 0.5) is 0 Å². The lowest BCUT2D eigenvalue weighted by atomic mass is 9.94. The predicted molar refractivity (Wildman–Crippen MR) is 197 cm³/mol. The Bertz CT molecular complexity index is 2200. The van der Waals surface area contributed by atoms with Crippen LogP contribution in [0, 0.1) is 13.8 Å². The van der Waals surface area contributed by atoms with E-state index in [-0.39, 0.29) is 37.0 Å². The topological polar surface area (TPSA) is 181 Å². The number of aliphatic carboxylic acids is 2. The van der Waals surface area contributed by atoms with Crippen molar-refractivity contribution in [1.29, 1.82) is 0 Å². The Morgan fingerprint density at radius 1 is 0.840 bits per heavy atom. The highest BCUT2D eigenvalue weighted by Gasteiger charge is 2.31. The lowest BCUT2D eigenvalue weighted by Crippen LogP contribution is -2.43. The molecule has 2 aliphatic heterocycles. The second kappa shape index (κ2) is 14.2. The van der Waals surface area contributed by atoms with Gasteiger partial charge < -0.3 is 30.6 Å². The normalized spacial score (nSPS) is 14.1. The Morgan fingerprint density at radius 2 is 1.46 bits per heavy atom. The van der Waals surface area contributed by atoms with E-state index >= 15 is 0 Å². The second-order valence-corrected chi connectivity index (χ2v) is 12.8. The highest BCUT2D eigenvalue weighted by Crippen LogP contribution is 2.38. The van der Waals surface area contributed by atoms with E-state index in [9.17, 15) is 29.7 Å². The van der Waals surface area contributed by atoms with E-state index in [4.69, 9.17) is 9.97 Å². The third-order valence-electron chi connectivity index (χ3n) is 9.68. The Kier molecular flexibility index (Phi) is 10.2. The van der Waals surface area contributed by atoms with Gasteiger partial charge in [-0.15, -0.1) is 0 Å². The van der Waals surface area contributed by atoms with Crippen molar-refractivity contribution in [3.05, 3.63) is 88.0 Å². The summed E-state index contributed by atoms with van der Waals surface area (Å²) in [7, 11) is 1.62. The van der Waals surface area contributed by atoms with Gasteiger partial charge >= 0.3 is 11.9 Å². The summed E-state index contributed by atoms with van der Waals surface area (Å²) in [6.45, 7) is 17.3. The zero-order valence-electron chi connectivity index (χ0n) is 29.2. The highest BCUT2D eigenvalue weighted by molar-refractivity contribution is 6.13. The van der Waals surface area contributed by atoms with Crippen LogP contribution in [0.2, 0.25) is 0 Å². The number of ketones is 1. The molecule has 0 spiro atoms. The van der Waals surface area contributed by atoms with Gasteiger partial charge in [0.05, 0.1) is 46.0 Å². The molecule has 11 nitrogen and oxygen atoms in total. The lowest BCUT2D eigenvalue weighted by Gasteiger charge is -2.19. The quantitative estimate of drug-likeness (QED) is 0.114. The van der Waals surface area contributed by atoms with Crippen LogP contribution in [-0.4, -0.2) is 72.2 Å². The van der Waals surface area contributed by atoms with Gasteiger partial charge in [-0.25, -0.2) is 9.97 Å². The molecule has 5 rings (SSSR count). The number of hydrogen-bond acceptors (Lipinski definition) is 7. The van der Waals surface area contributed by atoms with Gasteiger partial charge in [-0.1, -0.05) is 25.3 Å². The highest BCUT2D eigenvalue weighted by atomic mass is 16.4. The number of H-pyrrole nitrogens is 2. The zero-order chi connectivity index (χ0) is 36.6. The standard InChI is InChI=1S/C39H43N5O6/c1-9-23-21(6)36-35(39(50)37(40-8)22(7)45)38-24(10-2)18(3)29(43-38)15-27-19(4)25(11-13-33(46)47)31(41-27)17-32-26(12-14-34(48)49)20(5)28(42-32)16-30(23)44-36/h9-10,15-17,22,37,40,42-43,45H,1-2,11-14H2,3-8H3,(H,46,47)(H,48,49)/t22-,37+/m1/s1. The molecular formula is C39H43N5O6. The number of aliphatic hydroxyl groups is 1. The molecule has 11 heteroatoms. The van der Waals surface area contributed by atoms with Crippen LogP contribution in [0.5, 0.6) is 0 Å². The fourth-order valence-corrected chi connectivity index (χ4v) is 6.87. The van der Waals surface area contributed by atoms with Crippen molar-refractivity contribution in [1.82, 2.24) is 25.3 Å². The molecule has 0 unspecified atom stereocenters. The smallest absolute Gasteiger partial charge is 0.303 e. The minimum atomic E-state index is -1.02. The van der Waals surface area contributed by atoms with Crippen molar-refractivity contribution in [3.8, 4) is 0 Å². The molecule has 0 saturated heterocycles. The molecule has 0 aliphatic carbocycles. The number of fused-ring (bicyclic) bond motifs is 8. The number of aliphatic hydroxyl groups excluding tert-OH is 1. The van der Waals surface area contributed by atoms with Crippen LogP contribution in [-0.2, 0) is 16.0 Å². The third kappa shape index (κ3) is 6.49. The number of carbonyl (C=O) groups is 3. The summed E-state index contributed by atoms with van der Waals surface area (Å²) in [5.74, 6) is -2.24. The first-order chi connectivity index (χ1) is 23.7. The maximum Gasteiger partial charge on any atom is 0.303 e. The van der Waals surface area contributed by atoms with Crippen molar-refractivity contribution < 1.29 is 29.7 Å². The predicted octanol–water partition coefficient (Wildman–Crippen LogP) is 6.66. The molecule has 0 aromatic carbocycles. The average Bonchev–Trinajstić information content (AvgIpc) is 3.72. The lowest BCUT2D eigenvalue weighted by molar-refractivity contribution is -0.137. The number of nitrogens with zero attached hydrogens (tertiary/aromatic N) is 2. The molecule has 50 heavy (non-hydrogen) atoms. The van der Waals surface area contributed by atoms with E-state index in [1.807, 2.05) is 45.9 Å². The number of nitrogens with one attached hydrogen (secondary N) is 3. The first kappa shape index (κ1) is 35.9. The van der Waals surface area contributed by atoms with Crippen LogP contribution in [0.1, 0.15) is 95.4 Å². The summed E-state index contributed by atoms with van der Waals surface area (Å²) in [6.07, 6.45) is 2.65. The Balaban J connectivity index is 2.04. The Hall–Kier alpha value is -5.39. The number of rotatable bonds is 12. The van der Waals surface area contributed by atoms with Crippen LogP contribution < -0.4 is 5.32 Å². The summed E-state index contributed by atoms with van der Waals surface area (Å²) < 4.78 is 0. The van der Waals surface area contributed by atoms with Crippen molar-refractivity contribution >= 4 is 68.2 Å². The molecule has 260 valence electrons. The van der Waals surface area contributed by atoms with E-state index in [0.29, 0.717) is 56.0 Å². The van der Waals surface area contributed by atoms with Gasteiger partial charge in [0.2, 0.25) is 0 Å². The van der Waals surface area contributed by atoms with Crippen molar-refractivity contribution in [2.24, 2.45) is 0 Å². The number of allylic oxidation sites excluding steroid dienone is 5. The van der Waals surface area contributed by atoms with Crippen LogP contribution in [0.3, 0.4) is 0 Å². The molecule has 2 atom stereocenters. The maximum absolute atomic E-state index is 14.5. The molecule has 6 N–H and O–H groups in total. The van der Waals surface area contributed by atoms with Crippen molar-refractivity contribution in [3.63, 3.8) is 0 Å². The molecular weight excluding hydrogens is 634 g/mol. The Labute approximate surface area is 290 Å². The van der Waals surface area contributed by atoms with Crippen LogP contribution in [0.25, 0.3) is 50.4 Å².